The van der Waals surface area contributed by atoms with Crippen LogP contribution >= 0.6 is 12.6 Å². The smallest absolute Gasteiger partial charge is 0.313 e. The molecule has 0 saturated heterocycles. The molecule has 4 heteroatoms. The van der Waals surface area contributed by atoms with Gasteiger partial charge in [-0.05, 0) is 0 Å². The molecule has 0 unspecified atom stereocenters. The SMILES string of the molecule is CCC(=O)CC(=O)OCCS. The van der Waals surface area contributed by atoms with E-state index in [2.05, 4.69) is 17.4 Å². The molecule has 0 aromatic rings. The van der Waals surface area contributed by atoms with E-state index >= 15 is 0 Å². The third-order valence-electron chi connectivity index (χ3n) is 1.09. The van der Waals surface area contributed by atoms with E-state index < -0.39 is 5.97 Å². The number of esters is 1. The van der Waals surface area contributed by atoms with E-state index in [4.69, 9.17) is 0 Å². The molecule has 0 aliphatic heterocycles. The van der Waals surface area contributed by atoms with Crippen LogP contribution in [0.15, 0.2) is 0 Å². The summed E-state index contributed by atoms with van der Waals surface area (Å²) in [5, 5.41) is 0. The number of hydrogen-bond donors (Lipinski definition) is 1. The maximum Gasteiger partial charge on any atom is 0.313 e. The normalized spacial score (nSPS) is 9.27. The quantitative estimate of drug-likeness (QED) is 0.383. The highest BCUT2D eigenvalue weighted by atomic mass is 32.1. The summed E-state index contributed by atoms with van der Waals surface area (Å²) in [5.74, 6) is -0.0495. The molecule has 0 heterocycles. The van der Waals surface area contributed by atoms with Gasteiger partial charge in [0.1, 0.15) is 18.8 Å². The molecule has 0 spiro atoms. The molecule has 0 aromatic heterocycles. The first-order chi connectivity index (χ1) is 5.20. The molecular formula is C7H12O3S. The van der Waals surface area contributed by atoms with Crippen molar-refractivity contribution in [2.75, 3.05) is 12.4 Å². The average molecular weight is 176 g/mol. The average Bonchev–Trinajstić information content (AvgIpc) is 2.00. The molecule has 0 aliphatic carbocycles. The van der Waals surface area contributed by atoms with Crippen molar-refractivity contribution in [3.05, 3.63) is 0 Å². The van der Waals surface area contributed by atoms with Gasteiger partial charge >= 0.3 is 5.97 Å². The molecule has 0 bridgehead atoms. The first kappa shape index (κ1) is 10.5. The van der Waals surface area contributed by atoms with Gasteiger partial charge in [0.15, 0.2) is 0 Å². The molecule has 0 atom stereocenters. The molecular weight excluding hydrogens is 164 g/mol. The van der Waals surface area contributed by atoms with Gasteiger partial charge in [0.25, 0.3) is 0 Å². The van der Waals surface area contributed by atoms with E-state index in [1.807, 2.05) is 0 Å². The van der Waals surface area contributed by atoms with E-state index in [0.29, 0.717) is 12.2 Å². The van der Waals surface area contributed by atoms with Crippen LogP contribution in [0.3, 0.4) is 0 Å². The summed E-state index contributed by atoms with van der Waals surface area (Å²) in [4.78, 5) is 21.4. The highest BCUT2D eigenvalue weighted by molar-refractivity contribution is 7.80. The molecule has 64 valence electrons. The Kier molecular flexibility index (Phi) is 5.93. The Morgan fingerprint density at radius 2 is 2.09 bits per heavy atom. The molecule has 3 nitrogen and oxygen atoms in total. The van der Waals surface area contributed by atoms with Crippen LogP contribution in [0.1, 0.15) is 19.8 Å². The van der Waals surface area contributed by atoms with Crippen molar-refractivity contribution in [1.29, 1.82) is 0 Å². The summed E-state index contributed by atoms with van der Waals surface area (Å²) >= 11 is 3.85. The Morgan fingerprint density at radius 3 is 2.55 bits per heavy atom. The van der Waals surface area contributed by atoms with E-state index in [9.17, 15) is 9.59 Å². The number of rotatable bonds is 5. The largest absolute Gasteiger partial charge is 0.464 e. The van der Waals surface area contributed by atoms with Gasteiger partial charge < -0.3 is 4.74 Å². The van der Waals surface area contributed by atoms with Gasteiger partial charge in [-0.2, -0.15) is 12.6 Å². The number of carbonyl (C=O) groups is 2. The molecule has 11 heavy (non-hydrogen) atoms. The maximum absolute atomic E-state index is 10.7. The monoisotopic (exact) mass is 176 g/mol. The number of carbonyl (C=O) groups excluding carboxylic acids is 2. The summed E-state index contributed by atoms with van der Waals surface area (Å²) in [5.41, 5.74) is 0. The van der Waals surface area contributed by atoms with Crippen molar-refractivity contribution in [3.63, 3.8) is 0 Å². The van der Waals surface area contributed by atoms with Gasteiger partial charge in [0, 0.05) is 12.2 Å². The van der Waals surface area contributed by atoms with Gasteiger partial charge in [0.05, 0.1) is 0 Å². The summed E-state index contributed by atoms with van der Waals surface area (Å²) in [6, 6.07) is 0. The van der Waals surface area contributed by atoms with E-state index in [0.717, 1.165) is 0 Å². The number of thiol groups is 1. The van der Waals surface area contributed by atoms with E-state index in [1.54, 1.807) is 6.92 Å². The lowest BCUT2D eigenvalue weighted by molar-refractivity contribution is -0.145. The fraction of sp³-hybridized carbons (Fsp3) is 0.714. The molecule has 0 aromatic carbocycles. The second kappa shape index (κ2) is 6.22. The Hall–Kier alpha value is -0.510. The summed E-state index contributed by atoms with van der Waals surface area (Å²) in [6.07, 6.45) is 0.278. The second-order valence-electron chi connectivity index (χ2n) is 2.01. The van der Waals surface area contributed by atoms with Gasteiger partial charge in [-0.25, -0.2) is 0 Å². The molecule has 0 radical (unpaired) electrons. The summed E-state index contributed by atoms with van der Waals surface area (Å²) < 4.78 is 4.63. The lowest BCUT2D eigenvalue weighted by Crippen LogP contribution is -2.11. The number of ether oxygens (including phenoxy) is 1. The molecule has 0 rings (SSSR count). The van der Waals surface area contributed by atoms with Crippen molar-refractivity contribution < 1.29 is 14.3 Å². The van der Waals surface area contributed by atoms with E-state index in [-0.39, 0.29) is 18.8 Å². The molecule has 0 N–H and O–H groups in total. The van der Waals surface area contributed by atoms with Crippen molar-refractivity contribution >= 4 is 24.4 Å². The van der Waals surface area contributed by atoms with Crippen LogP contribution in [-0.2, 0) is 14.3 Å². The fourth-order valence-corrected chi connectivity index (χ4v) is 0.588. The van der Waals surface area contributed by atoms with Crippen molar-refractivity contribution in [3.8, 4) is 0 Å². The Bertz CT molecular complexity index is 145. The summed E-state index contributed by atoms with van der Waals surface area (Å²) in [7, 11) is 0. The van der Waals surface area contributed by atoms with Gasteiger partial charge in [-0.1, -0.05) is 6.92 Å². The highest BCUT2D eigenvalue weighted by Gasteiger charge is 2.07. The predicted molar refractivity (Wildman–Crippen MR) is 44.7 cm³/mol. The summed E-state index contributed by atoms with van der Waals surface area (Å²) in [6.45, 7) is 1.99. The first-order valence-electron chi connectivity index (χ1n) is 3.49. The number of ketones is 1. The third-order valence-corrected chi connectivity index (χ3v) is 1.27. The van der Waals surface area contributed by atoms with Crippen LogP contribution in [0.25, 0.3) is 0 Å². The van der Waals surface area contributed by atoms with Crippen LogP contribution in [0.4, 0.5) is 0 Å². The predicted octanol–water partition coefficient (Wildman–Crippen LogP) is 0.829. The Labute approximate surface area is 71.5 Å². The zero-order chi connectivity index (χ0) is 8.69. The Balaban J connectivity index is 3.44. The van der Waals surface area contributed by atoms with Gasteiger partial charge in [0.2, 0.25) is 0 Å². The second-order valence-corrected chi connectivity index (χ2v) is 2.46. The maximum atomic E-state index is 10.7. The Morgan fingerprint density at radius 1 is 1.45 bits per heavy atom. The zero-order valence-electron chi connectivity index (χ0n) is 6.50. The van der Waals surface area contributed by atoms with E-state index in [1.165, 1.54) is 0 Å². The minimum absolute atomic E-state index is 0.0887. The van der Waals surface area contributed by atoms with Crippen LogP contribution in [-0.4, -0.2) is 24.1 Å². The number of Topliss-reactive ketones (excluding diaryl/α,β-unsaturated/α-hetero) is 1. The fourth-order valence-electron chi connectivity index (χ4n) is 0.496. The molecule has 0 aliphatic rings. The first-order valence-corrected chi connectivity index (χ1v) is 4.12. The van der Waals surface area contributed by atoms with Gasteiger partial charge in [-0.3, -0.25) is 9.59 Å². The lowest BCUT2D eigenvalue weighted by atomic mass is 10.2. The highest BCUT2D eigenvalue weighted by Crippen LogP contribution is 1.92. The minimum atomic E-state index is -0.453. The standard InChI is InChI=1S/C7H12O3S/c1-2-6(8)5-7(9)10-3-4-11/h11H,2-5H2,1H3. The van der Waals surface area contributed by atoms with Crippen LogP contribution < -0.4 is 0 Å². The van der Waals surface area contributed by atoms with Crippen molar-refractivity contribution in [1.82, 2.24) is 0 Å². The van der Waals surface area contributed by atoms with Gasteiger partial charge in [-0.15, -0.1) is 0 Å². The zero-order valence-corrected chi connectivity index (χ0v) is 7.39. The van der Waals surface area contributed by atoms with Crippen molar-refractivity contribution in [2.24, 2.45) is 0 Å². The topological polar surface area (TPSA) is 43.4 Å². The molecule has 0 saturated carbocycles. The molecule has 0 fully saturated rings. The third kappa shape index (κ3) is 5.91. The van der Waals surface area contributed by atoms with Crippen LogP contribution in [0.5, 0.6) is 0 Å². The van der Waals surface area contributed by atoms with Crippen molar-refractivity contribution in [2.45, 2.75) is 19.8 Å². The van der Waals surface area contributed by atoms with Crippen LogP contribution in [0.2, 0.25) is 0 Å². The number of hydrogen-bond acceptors (Lipinski definition) is 4. The van der Waals surface area contributed by atoms with Crippen LogP contribution in [0, 0.1) is 0 Å². The molecule has 0 amide bonds. The lowest BCUT2D eigenvalue weighted by Gasteiger charge is -1.99. The minimum Gasteiger partial charge on any atom is -0.464 e.